The Morgan fingerprint density at radius 2 is 2.17 bits per heavy atom. The largest absolute Gasteiger partial charge is 0.373 e. The minimum atomic E-state index is -0.217. The molecule has 2 atom stereocenters. The number of guanidine groups is 1. The molecule has 0 radical (unpaired) electrons. The zero-order valence-electron chi connectivity index (χ0n) is 13.6. The van der Waals surface area contributed by atoms with E-state index in [9.17, 15) is 4.39 Å². The molecule has 0 saturated carbocycles. The third-order valence-corrected chi connectivity index (χ3v) is 4.56. The molecule has 2 N–H and O–H groups in total. The first-order valence-corrected chi connectivity index (χ1v) is 8.29. The van der Waals surface area contributed by atoms with Gasteiger partial charge in [0.25, 0.3) is 0 Å². The number of hydrogen-bond donors (Lipinski definition) is 2. The Morgan fingerprint density at radius 1 is 1.35 bits per heavy atom. The number of nitrogens with zero attached hydrogens (tertiary/aromatic N) is 2. The number of hydrogen-bond acceptors (Lipinski definition) is 3. The lowest BCUT2D eigenvalue weighted by Gasteiger charge is -2.35. The molecular formula is C17H25FN4O. The first kappa shape index (κ1) is 16.2. The molecule has 2 aliphatic rings. The lowest BCUT2D eigenvalue weighted by molar-refractivity contribution is -0.0453. The molecule has 2 fully saturated rings. The predicted octanol–water partition coefficient (Wildman–Crippen LogP) is 1.35. The van der Waals surface area contributed by atoms with Crippen LogP contribution in [0.5, 0.6) is 0 Å². The summed E-state index contributed by atoms with van der Waals surface area (Å²) in [6, 6.07) is 7.11. The molecule has 1 aromatic carbocycles. The predicted molar refractivity (Wildman–Crippen MR) is 88.9 cm³/mol. The van der Waals surface area contributed by atoms with Gasteiger partial charge in [0.05, 0.1) is 12.7 Å². The van der Waals surface area contributed by atoms with Gasteiger partial charge in [0.15, 0.2) is 5.96 Å². The van der Waals surface area contributed by atoms with E-state index in [4.69, 9.17) is 4.74 Å². The lowest BCUT2D eigenvalue weighted by atomic mass is 10.2. The maximum absolute atomic E-state index is 12.9. The molecule has 0 aromatic heterocycles. The van der Waals surface area contributed by atoms with Crippen LogP contribution >= 0.6 is 0 Å². The number of fused-ring (bicyclic) bond motifs is 1. The molecule has 2 heterocycles. The topological polar surface area (TPSA) is 48.9 Å². The zero-order chi connectivity index (χ0) is 16.1. The molecule has 0 aliphatic carbocycles. The highest BCUT2D eigenvalue weighted by atomic mass is 19.1. The van der Waals surface area contributed by atoms with Gasteiger partial charge in [-0.15, -0.1) is 0 Å². The van der Waals surface area contributed by atoms with Crippen LogP contribution in [0.1, 0.15) is 18.4 Å². The molecule has 0 spiro atoms. The summed E-state index contributed by atoms with van der Waals surface area (Å²) < 4.78 is 18.8. The zero-order valence-corrected chi connectivity index (χ0v) is 13.6. The van der Waals surface area contributed by atoms with Crippen LogP contribution in [-0.4, -0.2) is 56.3 Å². The number of aliphatic imine (C=N–C) groups is 1. The van der Waals surface area contributed by atoms with Crippen LogP contribution in [0.2, 0.25) is 0 Å². The number of halogens is 1. The summed E-state index contributed by atoms with van der Waals surface area (Å²) >= 11 is 0. The number of rotatable bonds is 4. The van der Waals surface area contributed by atoms with Gasteiger partial charge in [-0.2, -0.15) is 0 Å². The van der Waals surface area contributed by atoms with Gasteiger partial charge < -0.3 is 15.4 Å². The van der Waals surface area contributed by atoms with Crippen LogP contribution in [0.4, 0.5) is 4.39 Å². The average Bonchev–Trinajstić information content (AvgIpc) is 3.04. The van der Waals surface area contributed by atoms with Gasteiger partial charge in [0, 0.05) is 32.7 Å². The van der Waals surface area contributed by atoms with Crippen LogP contribution in [0.15, 0.2) is 29.3 Å². The van der Waals surface area contributed by atoms with Crippen molar-refractivity contribution in [3.8, 4) is 0 Å². The lowest BCUT2D eigenvalue weighted by Crippen LogP contribution is -2.51. The van der Waals surface area contributed by atoms with E-state index < -0.39 is 0 Å². The molecule has 5 nitrogen and oxygen atoms in total. The number of benzene rings is 1. The molecular weight excluding hydrogens is 295 g/mol. The first-order valence-electron chi connectivity index (χ1n) is 8.29. The summed E-state index contributed by atoms with van der Waals surface area (Å²) in [5.41, 5.74) is 1.02. The molecule has 0 bridgehead atoms. The Bertz CT molecular complexity index is 534. The quantitative estimate of drug-likeness (QED) is 0.650. The van der Waals surface area contributed by atoms with E-state index in [1.807, 2.05) is 0 Å². The maximum Gasteiger partial charge on any atom is 0.191 e. The van der Waals surface area contributed by atoms with Gasteiger partial charge in [-0.05, 0) is 37.1 Å². The molecule has 1 aromatic rings. The van der Waals surface area contributed by atoms with Crippen molar-refractivity contribution in [1.29, 1.82) is 0 Å². The van der Waals surface area contributed by atoms with E-state index in [2.05, 4.69) is 20.5 Å². The third kappa shape index (κ3) is 4.42. The smallest absolute Gasteiger partial charge is 0.191 e. The van der Waals surface area contributed by atoms with Crippen LogP contribution in [0.25, 0.3) is 0 Å². The molecule has 6 heteroatoms. The van der Waals surface area contributed by atoms with Crippen LogP contribution in [0, 0.1) is 5.82 Å². The van der Waals surface area contributed by atoms with E-state index >= 15 is 0 Å². The fourth-order valence-electron chi connectivity index (χ4n) is 3.23. The van der Waals surface area contributed by atoms with E-state index in [0.29, 0.717) is 12.6 Å². The fourth-order valence-corrected chi connectivity index (χ4v) is 3.23. The second-order valence-electron chi connectivity index (χ2n) is 6.18. The first-order chi connectivity index (χ1) is 11.2. The highest BCUT2D eigenvalue weighted by Gasteiger charge is 2.32. The maximum atomic E-state index is 12.9. The summed E-state index contributed by atoms with van der Waals surface area (Å²) in [4.78, 5) is 6.76. The van der Waals surface area contributed by atoms with Crippen molar-refractivity contribution in [1.82, 2.24) is 15.5 Å². The van der Waals surface area contributed by atoms with Crippen molar-refractivity contribution < 1.29 is 9.13 Å². The van der Waals surface area contributed by atoms with Crippen molar-refractivity contribution >= 4 is 5.96 Å². The summed E-state index contributed by atoms with van der Waals surface area (Å²) in [7, 11) is 1.75. The van der Waals surface area contributed by atoms with Gasteiger partial charge in [-0.1, -0.05) is 12.1 Å². The molecule has 3 rings (SSSR count). The Kier molecular flexibility index (Phi) is 5.46. The SMILES string of the molecule is CN=C(NCc1ccc(F)cc1)NCC1CN2CCCC2CO1. The fraction of sp³-hybridized carbons (Fsp3) is 0.588. The third-order valence-electron chi connectivity index (χ3n) is 4.56. The molecule has 2 saturated heterocycles. The van der Waals surface area contributed by atoms with Crippen molar-refractivity contribution in [2.24, 2.45) is 4.99 Å². The van der Waals surface area contributed by atoms with Gasteiger partial charge in [-0.3, -0.25) is 9.89 Å². The molecule has 23 heavy (non-hydrogen) atoms. The number of nitrogens with one attached hydrogen (secondary N) is 2. The summed E-state index contributed by atoms with van der Waals surface area (Å²) in [5, 5.41) is 6.55. The highest BCUT2D eigenvalue weighted by Crippen LogP contribution is 2.22. The van der Waals surface area contributed by atoms with E-state index in [1.165, 1.54) is 31.5 Å². The van der Waals surface area contributed by atoms with Gasteiger partial charge in [-0.25, -0.2) is 4.39 Å². The number of morpholine rings is 1. The highest BCUT2D eigenvalue weighted by molar-refractivity contribution is 5.79. The summed E-state index contributed by atoms with van der Waals surface area (Å²) in [5.74, 6) is 0.521. The average molecular weight is 320 g/mol. The number of ether oxygens (including phenoxy) is 1. The van der Waals surface area contributed by atoms with Crippen LogP contribution in [0.3, 0.4) is 0 Å². The van der Waals surface area contributed by atoms with Crippen LogP contribution in [-0.2, 0) is 11.3 Å². The van der Waals surface area contributed by atoms with Crippen LogP contribution < -0.4 is 10.6 Å². The van der Waals surface area contributed by atoms with E-state index in [-0.39, 0.29) is 11.9 Å². The molecule has 0 amide bonds. The van der Waals surface area contributed by atoms with Crippen molar-refractivity contribution in [3.63, 3.8) is 0 Å². The van der Waals surface area contributed by atoms with E-state index in [0.717, 1.165) is 31.2 Å². The van der Waals surface area contributed by atoms with Gasteiger partial charge in [0.2, 0.25) is 0 Å². The molecule has 2 unspecified atom stereocenters. The Hall–Kier alpha value is -1.66. The second-order valence-corrected chi connectivity index (χ2v) is 6.18. The minimum Gasteiger partial charge on any atom is -0.373 e. The van der Waals surface area contributed by atoms with Crippen molar-refractivity contribution in [3.05, 3.63) is 35.6 Å². The van der Waals surface area contributed by atoms with E-state index in [1.54, 1.807) is 19.2 Å². The van der Waals surface area contributed by atoms with Crippen molar-refractivity contribution in [2.45, 2.75) is 31.5 Å². The van der Waals surface area contributed by atoms with Gasteiger partial charge in [0.1, 0.15) is 5.82 Å². The summed E-state index contributed by atoms with van der Waals surface area (Å²) in [6.45, 7) is 4.38. The monoisotopic (exact) mass is 320 g/mol. The second kappa shape index (κ2) is 7.75. The van der Waals surface area contributed by atoms with Crippen molar-refractivity contribution in [2.75, 3.05) is 33.3 Å². The Morgan fingerprint density at radius 3 is 2.96 bits per heavy atom. The molecule has 126 valence electrons. The standard InChI is InChI=1S/C17H25FN4O/c1-19-17(20-9-13-4-6-14(18)7-5-13)21-10-16-11-22-8-2-3-15(22)12-23-16/h4-7,15-16H,2-3,8-12H2,1H3,(H2,19,20,21). The Labute approximate surface area is 136 Å². The van der Waals surface area contributed by atoms with Gasteiger partial charge >= 0.3 is 0 Å². The molecule has 2 aliphatic heterocycles. The Balaban J connectivity index is 1.42. The minimum absolute atomic E-state index is 0.203. The summed E-state index contributed by atoms with van der Waals surface area (Å²) in [6.07, 6.45) is 2.75. The normalized spacial score (nSPS) is 25.2.